The summed E-state index contributed by atoms with van der Waals surface area (Å²) in [7, 11) is -3.55. The summed E-state index contributed by atoms with van der Waals surface area (Å²) in [5.41, 5.74) is 2.11. The number of aromatic nitrogens is 3. The Morgan fingerprint density at radius 2 is 1.62 bits per heavy atom. The Morgan fingerprint density at radius 1 is 0.872 bits per heavy atom. The molecule has 0 saturated carbocycles. The Hall–Kier alpha value is -3.67. The minimum atomic E-state index is -3.55. The topological polar surface area (TPSA) is 104 Å². The summed E-state index contributed by atoms with van der Waals surface area (Å²) >= 11 is 1.28. The average molecular weight is 563 g/mol. The molecule has 1 saturated heterocycles. The Morgan fingerprint density at radius 3 is 2.38 bits per heavy atom. The molecule has 0 atom stereocenters. The number of para-hydroxylation sites is 1. The molecule has 4 aromatic rings. The molecule has 0 bridgehead atoms. The van der Waals surface area contributed by atoms with E-state index in [0.717, 1.165) is 30.5 Å². The van der Waals surface area contributed by atoms with Crippen LogP contribution in [0.3, 0.4) is 0 Å². The molecule has 3 heterocycles. The van der Waals surface area contributed by atoms with Crippen molar-refractivity contribution < 1.29 is 22.7 Å². The third-order valence-corrected chi connectivity index (χ3v) is 9.58. The van der Waals surface area contributed by atoms with Gasteiger partial charge in [-0.05, 0) is 55.3 Å². The summed E-state index contributed by atoms with van der Waals surface area (Å²) in [5, 5.41) is 9.39. The van der Waals surface area contributed by atoms with Gasteiger partial charge < -0.3 is 9.47 Å². The molecular formula is C28H26N4O5S2. The Labute approximate surface area is 230 Å². The summed E-state index contributed by atoms with van der Waals surface area (Å²) in [6, 6.07) is 21.5. The number of hydrogen-bond acceptors (Lipinski definition) is 8. The molecule has 0 unspecified atom stereocenters. The van der Waals surface area contributed by atoms with E-state index in [-0.39, 0.29) is 23.2 Å². The molecule has 1 fully saturated rings. The van der Waals surface area contributed by atoms with E-state index in [0.29, 0.717) is 41.1 Å². The molecular weight excluding hydrogens is 536 g/mol. The van der Waals surface area contributed by atoms with E-state index in [9.17, 15) is 13.2 Å². The lowest BCUT2D eigenvalue weighted by molar-refractivity contribution is 0.102. The molecule has 0 radical (unpaired) electrons. The van der Waals surface area contributed by atoms with E-state index in [1.54, 1.807) is 12.1 Å². The van der Waals surface area contributed by atoms with E-state index >= 15 is 0 Å². The first-order valence-electron chi connectivity index (χ1n) is 12.7. The Kier molecular flexibility index (Phi) is 7.11. The molecule has 1 aromatic heterocycles. The zero-order valence-corrected chi connectivity index (χ0v) is 22.7. The SMILES string of the molecule is O=C(CSc1nnc(-c2ccc3c(c2)OCO3)n1-c1ccccc1)c1ccc(S(=O)(=O)N2CCCCC2)cc1. The molecule has 0 N–H and O–H groups in total. The van der Waals surface area contributed by atoms with Crippen molar-refractivity contribution in [3.63, 3.8) is 0 Å². The fourth-order valence-electron chi connectivity index (χ4n) is 4.68. The van der Waals surface area contributed by atoms with Crippen LogP contribution in [-0.2, 0) is 10.0 Å². The second kappa shape index (κ2) is 10.8. The predicted molar refractivity (Wildman–Crippen MR) is 147 cm³/mol. The monoisotopic (exact) mass is 562 g/mol. The van der Waals surface area contributed by atoms with Gasteiger partial charge in [0, 0.05) is 29.9 Å². The van der Waals surface area contributed by atoms with Crippen LogP contribution in [0.1, 0.15) is 29.6 Å². The highest BCUT2D eigenvalue weighted by molar-refractivity contribution is 7.99. The molecule has 0 spiro atoms. The fraction of sp³-hybridized carbons (Fsp3) is 0.250. The maximum absolute atomic E-state index is 13.1. The van der Waals surface area contributed by atoms with E-state index in [4.69, 9.17) is 9.47 Å². The van der Waals surface area contributed by atoms with E-state index in [2.05, 4.69) is 10.2 Å². The highest BCUT2D eigenvalue weighted by atomic mass is 32.2. The summed E-state index contributed by atoms with van der Waals surface area (Å²) in [5.74, 6) is 1.92. The molecule has 11 heteroatoms. The number of ketones is 1. The van der Waals surface area contributed by atoms with Crippen LogP contribution in [0.15, 0.2) is 82.8 Å². The number of Topliss-reactive ketones (excluding diaryl/α,β-unsaturated/α-hetero) is 1. The number of sulfonamides is 1. The number of nitrogens with zero attached hydrogens (tertiary/aromatic N) is 4. The van der Waals surface area contributed by atoms with E-state index in [1.165, 1.54) is 28.2 Å². The number of thioether (sulfide) groups is 1. The van der Waals surface area contributed by atoms with Crippen molar-refractivity contribution in [2.45, 2.75) is 29.3 Å². The molecule has 3 aromatic carbocycles. The van der Waals surface area contributed by atoms with Crippen molar-refractivity contribution in [2.24, 2.45) is 0 Å². The van der Waals surface area contributed by atoms with E-state index < -0.39 is 10.0 Å². The van der Waals surface area contributed by atoms with Crippen LogP contribution in [-0.4, -0.2) is 58.9 Å². The summed E-state index contributed by atoms with van der Waals surface area (Å²) in [6.07, 6.45) is 2.79. The van der Waals surface area contributed by atoms with E-state index in [1.807, 2.05) is 53.1 Å². The summed E-state index contributed by atoms with van der Waals surface area (Å²) < 4.78 is 40.3. The summed E-state index contributed by atoms with van der Waals surface area (Å²) in [6.45, 7) is 1.25. The van der Waals surface area contributed by atoms with Gasteiger partial charge >= 0.3 is 0 Å². The average Bonchev–Trinajstić information content (AvgIpc) is 3.63. The van der Waals surface area contributed by atoms with Gasteiger partial charge in [0.05, 0.1) is 10.6 Å². The first-order chi connectivity index (χ1) is 19.0. The van der Waals surface area contributed by atoms with Crippen LogP contribution in [0.2, 0.25) is 0 Å². The molecule has 0 aliphatic carbocycles. The first kappa shape index (κ1) is 25.6. The molecule has 39 heavy (non-hydrogen) atoms. The third kappa shape index (κ3) is 5.17. The first-order valence-corrected chi connectivity index (χ1v) is 15.1. The zero-order chi connectivity index (χ0) is 26.8. The third-order valence-electron chi connectivity index (χ3n) is 6.74. The number of carbonyl (C=O) groups is 1. The van der Waals surface area contributed by atoms with Gasteiger partial charge in [-0.3, -0.25) is 9.36 Å². The highest BCUT2D eigenvalue weighted by Crippen LogP contribution is 2.37. The number of ether oxygens (including phenoxy) is 2. The van der Waals surface area contributed by atoms with Crippen molar-refractivity contribution in [2.75, 3.05) is 25.6 Å². The second-order valence-electron chi connectivity index (χ2n) is 9.25. The van der Waals surface area contributed by atoms with Gasteiger partial charge in [0.25, 0.3) is 0 Å². The maximum atomic E-state index is 13.1. The molecule has 9 nitrogen and oxygen atoms in total. The zero-order valence-electron chi connectivity index (χ0n) is 21.0. The van der Waals surface area contributed by atoms with Gasteiger partial charge in [-0.25, -0.2) is 8.42 Å². The largest absolute Gasteiger partial charge is 0.454 e. The van der Waals surface area contributed by atoms with Crippen molar-refractivity contribution in [3.8, 4) is 28.6 Å². The predicted octanol–water partition coefficient (Wildman–Crippen LogP) is 4.81. The quantitative estimate of drug-likeness (QED) is 0.223. The normalized spacial score (nSPS) is 15.4. The van der Waals surface area contributed by atoms with Crippen molar-refractivity contribution >= 4 is 27.6 Å². The second-order valence-corrected chi connectivity index (χ2v) is 12.1. The van der Waals surface area contributed by atoms with Crippen LogP contribution >= 0.6 is 11.8 Å². The van der Waals surface area contributed by atoms with Crippen LogP contribution < -0.4 is 9.47 Å². The number of hydrogen-bond donors (Lipinski definition) is 0. The minimum absolute atomic E-state index is 0.115. The lowest BCUT2D eigenvalue weighted by atomic mass is 10.1. The van der Waals surface area contributed by atoms with Crippen LogP contribution in [0.4, 0.5) is 0 Å². The Bertz CT molecular complexity index is 1600. The smallest absolute Gasteiger partial charge is 0.243 e. The van der Waals surface area contributed by atoms with Gasteiger partial charge in [-0.2, -0.15) is 4.31 Å². The standard InChI is InChI=1S/C28H26N4O5S2/c33-24(20-9-12-23(13-10-20)39(34,35)31-15-5-2-6-16-31)18-38-28-30-29-27(32(28)22-7-3-1-4-8-22)21-11-14-25-26(17-21)37-19-36-25/h1,3-4,7-14,17H,2,5-6,15-16,18-19H2. The number of rotatable bonds is 8. The van der Waals surface area contributed by atoms with Gasteiger partial charge in [-0.1, -0.05) is 48.5 Å². The molecule has 200 valence electrons. The minimum Gasteiger partial charge on any atom is -0.454 e. The lowest BCUT2D eigenvalue weighted by Gasteiger charge is -2.25. The molecule has 2 aliphatic rings. The van der Waals surface area contributed by atoms with Crippen molar-refractivity contribution in [1.82, 2.24) is 19.1 Å². The van der Waals surface area contributed by atoms with Gasteiger partial charge in [0.2, 0.25) is 16.8 Å². The molecule has 0 amide bonds. The molecule has 2 aliphatic heterocycles. The van der Waals surface area contributed by atoms with Crippen LogP contribution in [0.25, 0.3) is 17.1 Å². The Balaban J connectivity index is 1.22. The number of piperidine rings is 1. The lowest BCUT2D eigenvalue weighted by Crippen LogP contribution is -2.35. The van der Waals surface area contributed by atoms with Gasteiger partial charge in [0.15, 0.2) is 28.3 Å². The maximum Gasteiger partial charge on any atom is 0.243 e. The highest BCUT2D eigenvalue weighted by Gasteiger charge is 2.26. The van der Waals surface area contributed by atoms with Crippen LogP contribution in [0, 0.1) is 0 Å². The fourth-order valence-corrected chi connectivity index (χ4v) is 7.04. The van der Waals surface area contributed by atoms with Crippen LogP contribution in [0.5, 0.6) is 11.5 Å². The number of carbonyl (C=O) groups excluding carboxylic acids is 1. The van der Waals surface area contributed by atoms with Gasteiger partial charge in [0.1, 0.15) is 0 Å². The van der Waals surface area contributed by atoms with Crippen molar-refractivity contribution in [3.05, 3.63) is 78.4 Å². The van der Waals surface area contributed by atoms with Gasteiger partial charge in [-0.15, -0.1) is 10.2 Å². The van der Waals surface area contributed by atoms with Crippen molar-refractivity contribution in [1.29, 1.82) is 0 Å². The number of fused-ring (bicyclic) bond motifs is 1. The summed E-state index contributed by atoms with van der Waals surface area (Å²) in [4.78, 5) is 13.3. The number of benzene rings is 3. The molecule has 6 rings (SSSR count).